The second-order valence-corrected chi connectivity index (χ2v) is 4.13. The molecule has 4 heteroatoms. The summed E-state index contributed by atoms with van der Waals surface area (Å²) in [4.78, 5) is 0. The van der Waals surface area contributed by atoms with Crippen molar-refractivity contribution >= 4 is 15.9 Å². The van der Waals surface area contributed by atoms with E-state index < -0.39 is 0 Å². The number of halogens is 1. The van der Waals surface area contributed by atoms with Gasteiger partial charge >= 0.3 is 0 Å². The van der Waals surface area contributed by atoms with Gasteiger partial charge in [-0.25, -0.2) is 0 Å². The molecule has 0 unspecified atom stereocenters. The Morgan fingerprint density at radius 2 is 1.81 bits per heavy atom. The molecule has 0 aliphatic heterocycles. The van der Waals surface area contributed by atoms with Gasteiger partial charge in [-0.3, -0.25) is 0 Å². The summed E-state index contributed by atoms with van der Waals surface area (Å²) in [5, 5.41) is 9.16. The maximum Gasteiger partial charge on any atom is 0.143 e. The molecule has 3 nitrogen and oxygen atoms in total. The highest BCUT2D eigenvalue weighted by molar-refractivity contribution is 9.08. The molecular formula is C12H14BrN3. The summed E-state index contributed by atoms with van der Waals surface area (Å²) in [5.41, 5.74) is 1.27. The smallest absolute Gasteiger partial charge is 0.143 e. The van der Waals surface area contributed by atoms with Crippen molar-refractivity contribution in [1.29, 1.82) is 0 Å². The first-order valence-electron chi connectivity index (χ1n) is 5.36. The van der Waals surface area contributed by atoms with Crippen LogP contribution in [0.15, 0.2) is 30.3 Å². The third kappa shape index (κ3) is 2.32. The Bertz CT molecular complexity index is 451. The zero-order chi connectivity index (χ0) is 11.4. The van der Waals surface area contributed by atoms with Gasteiger partial charge in [-0.2, -0.15) is 0 Å². The van der Waals surface area contributed by atoms with E-state index in [4.69, 9.17) is 0 Å². The van der Waals surface area contributed by atoms with Crippen molar-refractivity contribution in [3.8, 4) is 0 Å². The van der Waals surface area contributed by atoms with Crippen LogP contribution in [0.4, 0.5) is 0 Å². The number of rotatable bonds is 4. The summed E-state index contributed by atoms with van der Waals surface area (Å²) in [5.74, 6) is 2.02. The molecule has 84 valence electrons. The van der Waals surface area contributed by atoms with Crippen molar-refractivity contribution in [2.45, 2.75) is 25.2 Å². The molecule has 0 aliphatic rings. The van der Waals surface area contributed by atoms with Crippen LogP contribution >= 0.6 is 15.9 Å². The van der Waals surface area contributed by atoms with E-state index in [2.05, 4.69) is 49.8 Å². The standard InChI is InChI=1S/C12H14BrN3/c1-2-16-11(14-15-12(16)9-13)8-10-6-4-3-5-7-10/h3-7H,2,8-9H2,1H3. The lowest BCUT2D eigenvalue weighted by molar-refractivity contribution is 0.688. The number of nitrogens with zero attached hydrogens (tertiary/aromatic N) is 3. The second kappa shape index (κ2) is 5.25. The van der Waals surface area contributed by atoms with Crippen LogP contribution in [0.3, 0.4) is 0 Å². The highest BCUT2D eigenvalue weighted by Crippen LogP contribution is 2.11. The van der Waals surface area contributed by atoms with Crippen molar-refractivity contribution < 1.29 is 0 Å². The number of hydrogen-bond acceptors (Lipinski definition) is 2. The maximum absolute atomic E-state index is 4.24. The lowest BCUT2D eigenvalue weighted by atomic mass is 10.1. The first-order valence-corrected chi connectivity index (χ1v) is 6.48. The summed E-state index contributed by atoms with van der Waals surface area (Å²) in [7, 11) is 0. The summed E-state index contributed by atoms with van der Waals surface area (Å²) >= 11 is 3.42. The molecule has 0 amide bonds. The van der Waals surface area contributed by atoms with Gasteiger partial charge in [0.05, 0.1) is 5.33 Å². The Balaban J connectivity index is 2.25. The highest BCUT2D eigenvalue weighted by atomic mass is 79.9. The van der Waals surface area contributed by atoms with Crippen molar-refractivity contribution in [3.63, 3.8) is 0 Å². The first-order chi connectivity index (χ1) is 7.85. The fourth-order valence-corrected chi connectivity index (χ4v) is 2.16. The predicted molar refractivity (Wildman–Crippen MR) is 67.6 cm³/mol. The molecule has 1 aromatic carbocycles. The number of benzene rings is 1. The third-order valence-electron chi connectivity index (χ3n) is 2.54. The minimum atomic E-state index is 0.753. The molecule has 0 saturated heterocycles. The lowest BCUT2D eigenvalue weighted by Crippen LogP contribution is -2.05. The van der Waals surface area contributed by atoms with Gasteiger partial charge in [0.2, 0.25) is 0 Å². The Hall–Kier alpha value is -1.16. The molecule has 2 aromatic rings. The van der Waals surface area contributed by atoms with E-state index in [9.17, 15) is 0 Å². The van der Waals surface area contributed by atoms with Crippen LogP contribution in [0.1, 0.15) is 24.1 Å². The fourth-order valence-electron chi connectivity index (χ4n) is 1.75. The molecule has 0 bridgehead atoms. The number of aromatic nitrogens is 3. The van der Waals surface area contributed by atoms with Gasteiger partial charge in [-0.15, -0.1) is 10.2 Å². The molecule has 0 N–H and O–H groups in total. The minimum Gasteiger partial charge on any atom is -0.314 e. The van der Waals surface area contributed by atoms with Crippen LogP contribution in [0.25, 0.3) is 0 Å². The quantitative estimate of drug-likeness (QED) is 0.806. The molecule has 0 saturated carbocycles. The Labute approximate surface area is 104 Å². The summed E-state index contributed by atoms with van der Waals surface area (Å²) < 4.78 is 2.15. The van der Waals surface area contributed by atoms with Crippen LogP contribution in [0.2, 0.25) is 0 Å². The molecule has 1 aromatic heterocycles. The molecule has 0 atom stereocenters. The van der Waals surface area contributed by atoms with E-state index in [-0.39, 0.29) is 0 Å². The Kier molecular flexibility index (Phi) is 3.72. The van der Waals surface area contributed by atoms with Crippen LogP contribution in [0.5, 0.6) is 0 Å². The Morgan fingerprint density at radius 1 is 1.12 bits per heavy atom. The van der Waals surface area contributed by atoms with Crippen LogP contribution in [-0.4, -0.2) is 14.8 Å². The summed E-state index contributed by atoms with van der Waals surface area (Å²) in [6, 6.07) is 10.4. The molecule has 0 fully saturated rings. The van der Waals surface area contributed by atoms with Crippen molar-refractivity contribution in [2.75, 3.05) is 0 Å². The summed E-state index contributed by atoms with van der Waals surface area (Å²) in [6.45, 7) is 3.03. The highest BCUT2D eigenvalue weighted by Gasteiger charge is 2.09. The van der Waals surface area contributed by atoms with E-state index >= 15 is 0 Å². The van der Waals surface area contributed by atoms with Gasteiger partial charge in [0.25, 0.3) is 0 Å². The van der Waals surface area contributed by atoms with Crippen LogP contribution in [-0.2, 0) is 18.3 Å². The molecule has 0 radical (unpaired) electrons. The molecule has 0 aliphatic carbocycles. The molecule has 2 rings (SSSR count). The normalized spacial score (nSPS) is 10.6. The minimum absolute atomic E-state index is 0.753. The van der Waals surface area contributed by atoms with Crippen molar-refractivity contribution in [1.82, 2.24) is 14.8 Å². The molecular weight excluding hydrogens is 266 g/mol. The van der Waals surface area contributed by atoms with E-state index in [1.807, 2.05) is 18.2 Å². The zero-order valence-corrected chi connectivity index (χ0v) is 10.8. The average molecular weight is 280 g/mol. The monoisotopic (exact) mass is 279 g/mol. The van der Waals surface area contributed by atoms with Crippen LogP contribution in [0, 0.1) is 0 Å². The maximum atomic E-state index is 4.24. The van der Waals surface area contributed by atoms with E-state index in [1.165, 1.54) is 5.56 Å². The van der Waals surface area contributed by atoms with E-state index in [0.29, 0.717) is 0 Å². The average Bonchev–Trinajstić information content (AvgIpc) is 2.72. The molecule has 16 heavy (non-hydrogen) atoms. The molecule has 1 heterocycles. The largest absolute Gasteiger partial charge is 0.314 e. The summed E-state index contributed by atoms with van der Waals surface area (Å²) in [6.07, 6.45) is 0.842. The zero-order valence-electron chi connectivity index (χ0n) is 9.23. The van der Waals surface area contributed by atoms with Gasteiger partial charge in [0.1, 0.15) is 11.6 Å². The fraction of sp³-hybridized carbons (Fsp3) is 0.333. The Morgan fingerprint density at radius 3 is 2.44 bits per heavy atom. The lowest BCUT2D eigenvalue weighted by Gasteiger charge is -2.05. The van der Waals surface area contributed by atoms with Gasteiger partial charge in [-0.05, 0) is 12.5 Å². The topological polar surface area (TPSA) is 30.7 Å². The van der Waals surface area contributed by atoms with Crippen molar-refractivity contribution in [3.05, 3.63) is 47.5 Å². The van der Waals surface area contributed by atoms with Gasteiger partial charge in [0, 0.05) is 13.0 Å². The first kappa shape index (κ1) is 11.3. The van der Waals surface area contributed by atoms with E-state index in [0.717, 1.165) is 29.9 Å². The van der Waals surface area contributed by atoms with Gasteiger partial charge in [0.15, 0.2) is 0 Å². The van der Waals surface area contributed by atoms with Gasteiger partial charge in [-0.1, -0.05) is 46.3 Å². The van der Waals surface area contributed by atoms with Crippen molar-refractivity contribution in [2.24, 2.45) is 0 Å². The van der Waals surface area contributed by atoms with Crippen LogP contribution < -0.4 is 0 Å². The van der Waals surface area contributed by atoms with Gasteiger partial charge < -0.3 is 4.57 Å². The van der Waals surface area contributed by atoms with E-state index in [1.54, 1.807) is 0 Å². The SMILES string of the molecule is CCn1c(CBr)nnc1Cc1ccccc1. The number of alkyl halides is 1. The molecule has 0 spiro atoms. The second-order valence-electron chi connectivity index (χ2n) is 3.57. The predicted octanol–water partition coefficient (Wildman–Crippen LogP) is 2.78. The number of hydrogen-bond donors (Lipinski definition) is 0. The third-order valence-corrected chi connectivity index (χ3v) is 3.05.